The number of nitrogens with zero attached hydrogens (tertiary/aromatic N) is 1. The second-order valence-electron chi connectivity index (χ2n) is 5.41. The number of nitrogens with two attached hydrogens (primary N) is 1. The van der Waals surface area contributed by atoms with Gasteiger partial charge >= 0.3 is 0 Å². The minimum atomic E-state index is 0. The highest BCUT2D eigenvalue weighted by Crippen LogP contribution is 2.49. The molecule has 110 valence electrons. The van der Waals surface area contributed by atoms with Crippen LogP contribution in [0.2, 0.25) is 10.0 Å². The molecule has 1 aromatic carbocycles. The van der Waals surface area contributed by atoms with Crippen LogP contribution < -0.4 is 11.1 Å². The zero-order chi connectivity index (χ0) is 13.4. The lowest BCUT2D eigenvalue weighted by Crippen LogP contribution is -2.33. The van der Waals surface area contributed by atoms with E-state index in [0.29, 0.717) is 28.9 Å². The van der Waals surface area contributed by atoms with Gasteiger partial charge in [-0.25, -0.2) is 0 Å². The first kappa shape index (κ1) is 16.2. The molecular formula is C14H18Cl2IN3. The van der Waals surface area contributed by atoms with Gasteiger partial charge in [0.2, 0.25) is 0 Å². The number of hydrogen-bond acceptors (Lipinski definition) is 1. The minimum absolute atomic E-state index is 0. The molecule has 2 aliphatic rings. The molecule has 0 aromatic heterocycles. The van der Waals surface area contributed by atoms with Crippen LogP contribution in [0, 0.1) is 5.92 Å². The molecule has 0 amide bonds. The summed E-state index contributed by atoms with van der Waals surface area (Å²) in [7, 11) is 0. The smallest absolute Gasteiger partial charge is 0.188 e. The summed E-state index contributed by atoms with van der Waals surface area (Å²) >= 11 is 12.1. The number of nitrogens with one attached hydrogen (secondary N) is 1. The van der Waals surface area contributed by atoms with Gasteiger partial charge in [0.05, 0.1) is 0 Å². The molecule has 2 fully saturated rings. The average molecular weight is 426 g/mol. The fraction of sp³-hybridized carbons (Fsp3) is 0.500. The van der Waals surface area contributed by atoms with E-state index in [2.05, 4.69) is 10.3 Å². The third-order valence-electron chi connectivity index (χ3n) is 3.71. The van der Waals surface area contributed by atoms with Gasteiger partial charge in [0.1, 0.15) is 0 Å². The first-order valence-electron chi connectivity index (χ1n) is 6.65. The maximum Gasteiger partial charge on any atom is 0.188 e. The second-order valence-corrected chi connectivity index (χ2v) is 6.26. The van der Waals surface area contributed by atoms with E-state index in [1.165, 1.54) is 18.4 Å². The van der Waals surface area contributed by atoms with E-state index in [4.69, 9.17) is 28.9 Å². The zero-order valence-electron chi connectivity index (χ0n) is 11.0. The molecule has 2 aliphatic carbocycles. The van der Waals surface area contributed by atoms with Crippen molar-refractivity contribution >= 4 is 53.1 Å². The molecule has 3 nitrogen and oxygen atoms in total. The van der Waals surface area contributed by atoms with Crippen molar-refractivity contribution in [2.75, 3.05) is 6.54 Å². The summed E-state index contributed by atoms with van der Waals surface area (Å²) in [5.41, 5.74) is 7.00. The van der Waals surface area contributed by atoms with Crippen molar-refractivity contribution in [1.82, 2.24) is 5.32 Å². The third-order valence-corrected chi connectivity index (χ3v) is 4.27. The quantitative estimate of drug-likeness (QED) is 0.438. The number of benzene rings is 1. The summed E-state index contributed by atoms with van der Waals surface area (Å²) in [6, 6.07) is 6.28. The monoisotopic (exact) mass is 425 g/mol. The van der Waals surface area contributed by atoms with E-state index in [1.54, 1.807) is 6.07 Å². The van der Waals surface area contributed by atoms with E-state index >= 15 is 0 Å². The summed E-state index contributed by atoms with van der Waals surface area (Å²) in [4.78, 5) is 4.40. The van der Waals surface area contributed by atoms with Gasteiger partial charge in [-0.15, -0.1) is 24.0 Å². The Kier molecular flexibility index (Phi) is 5.42. The molecule has 2 saturated carbocycles. The SMILES string of the molecule is I.NC(=NCC1CC1c1ccc(Cl)cc1Cl)NC1CC1. The number of hydrogen-bond donors (Lipinski definition) is 2. The standard InChI is InChI=1S/C14H17Cl2N3.HI/c15-9-1-4-11(13(16)6-9)12-5-8(12)7-18-14(17)19-10-2-3-10;/h1,4,6,8,10,12H,2-3,5,7H2,(H3,17,18,19);1H. The Labute approximate surface area is 146 Å². The van der Waals surface area contributed by atoms with Crippen molar-refractivity contribution in [3.8, 4) is 0 Å². The molecule has 3 rings (SSSR count). The van der Waals surface area contributed by atoms with Gasteiger partial charge in [0.25, 0.3) is 0 Å². The van der Waals surface area contributed by atoms with E-state index in [1.807, 2.05) is 12.1 Å². The molecule has 2 atom stereocenters. The topological polar surface area (TPSA) is 50.4 Å². The molecule has 0 heterocycles. The molecule has 0 bridgehead atoms. The Hall–Kier alpha value is -0.200. The van der Waals surface area contributed by atoms with Crippen LogP contribution in [-0.2, 0) is 0 Å². The van der Waals surface area contributed by atoms with Crippen molar-refractivity contribution in [3.63, 3.8) is 0 Å². The molecule has 0 saturated heterocycles. The summed E-state index contributed by atoms with van der Waals surface area (Å²) < 4.78 is 0. The van der Waals surface area contributed by atoms with Crippen LogP contribution in [0.5, 0.6) is 0 Å². The molecule has 0 radical (unpaired) electrons. The lowest BCUT2D eigenvalue weighted by atomic mass is 10.1. The number of aliphatic imine (C=N–C) groups is 1. The summed E-state index contributed by atoms with van der Waals surface area (Å²) in [5.74, 6) is 1.64. The molecule has 20 heavy (non-hydrogen) atoms. The first-order valence-corrected chi connectivity index (χ1v) is 7.40. The Morgan fingerprint density at radius 2 is 2.10 bits per heavy atom. The number of guanidine groups is 1. The normalized spacial score (nSPS) is 25.0. The van der Waals surface area contributed by atoms with Crippen molar-refractivity contribution in [3.05, 3.63) is 33.8 Å². The summed E-state index contributed by atoms with van der Waals surface area (Å²) in [5, 5.41) is 4.63. The Balaban J connectivity index is 0.00000147. The molecule has 3 N–H and O–H groups in total. The van der Waals surface area contributed by atoms with Crippen LogP contribution in [0.25, 0.3) is 0 Å². The summed E-state index contributed by atoms with van der Waals surface area (Å²) in [6.07, 6.45) is 3.55. The molecule has 2 unspecified atom stereocenters. The lowest BCUT2D eigenvalue weighted by Gasteiger charge is -2.04. The summed E-state index contributed by atoms with van der Waals surface area (Å²) in [6.45, 7) is 0.773. The highest BCUT2D eigenvalue weighted by molar-refractivity contribution is 14.0. The average Bonchev–Trinajstić information content (AvgIpc) is 3.22. The highest BCUT2D eigenvalue weighted by Gasteiger charge is 2.39. The van der Waals surface area contributed by atoms with E-state index in [-0.39, 0.29) is 24.0 Å². The van der Waals surface area contributed by atoms with Gasteiger partial charge in [-0.2, -0.15) is 0 Å². The largest absolute Gasteiger partial charge is 0.370 e. The Morgan fingerprint density at radius 1 is 1.35 bits per heavy atom. The van der Waals surface area contributed by atoms with Crippen LogP contribution in [0.4, 0.5) is 0 Å². The van der Waals surface area contributed by atoms with Crippen molar-refractivity contribution in [2.24, 2.45) is 16.6 Å². The van der Waals surface area contributed by atoms with Crippen LogP contribution in [0.3, 0.4) is 0 Å². The Bertz CT molecular complexity index is 517. The fourth-order valence-electron chi connectivity index (χ4n) is 2.33. The number of rotatable bonds is 4. The molecule has 0 spiro atoms. The van der Waals surface area contributed by atoms with Crippen LogP contribution in [0.1, 0.15) is 30.7 Å². The number of halogens is 3. The van der Waals surface area contributed by atoms with E-state index < -0.39 is 0 Å². The van der Waals surface area contributed by atoms with Crippen LogP contribution in [0.15, 0.2) is 23.2 Å². The van der Waals surface area contributed by atoms with Gasteiger partial charge < -0.3 is 11.1 Å². The van der Waals surface area contributed by atoms with Gasteiger partial charge in [0, 0.05) is 22.6 Å². The zero-order valence-corrected chi connectivity index (χ0v) is 14.8. The second kappa shape index (κ2) is 6.71. The molecule has 0 aliphatic heterocycles. The van der Waals surface area contributed by atoms with Gasteiger partial charge in [0.15, 0.2) is 5.96 Å². The molecule has 6 heteroatoms. The van der Waals surface area contributed by atoms with Crippen LogP contribution in [-0.4, -0.2) is 18.5 Å². The van der Waals surface area contributed by atoms with Gasteiger partial charge in [-0.05, 0) is 48.8 Å². The maximum absolute atomic E-state index is 6.21. The van der Waals surface area contributed by atoms with Crippen molar-refractivity contribution in [2.45, 2.75) is 31.2 Å². The third kappa shape index (κ3) is 4.15. The predicted molar refractivity (Wildman–Crippen MR) is 95.4 cm³/mol. The lowest BCUT2D eigenvalue weighted by molar-refractivity contribution is 0.793. The fourth-order valence-corrected chi connectivity index (χ4v) is 2.88. The maximum atomic E-state index is 6.21. The molecular weight excluding hydrogens is 408 g/mol. The van der Waals surface area contributed by atoms with Gasteiger partial charge in [-0.1, -0.05) is 29.3 Å². The van der Waals surface area contributed by atoms with Gasteiger partial charge in [-0.3, -0.25) is 4.99 Å². The predicted octanol–water partition coefficient (Wildman–Crippen LogP) is 3.78. The van der Waals surface area contributed by atoms with Crippen molar-refractivity contribution in [1.29, 1.82) is 0 Å². The Morgan fingerprint density at radius 3 is 2.75 bits per heavy atom. The first-order chi connectivity index (χ1) is 9.13. The van der Waals surface area contributed by atoms with Crippen LogP contribution >= 0.6 is 47.2 Å². The minimum Gasteiger partial charge on any atom is -0.370 e. The van der Waals surface area contributed by atoms with E-state index in [9.17, 15) is 0 Å². The molecule has 1 aromatic rings. The highest BCUT2D eigenvalue weighted by atomic mass is 127. The van der Waals surface area contributed by atoms with Crippen molar-refractivity contribution < 1.29 is 0 Å². The van der Waals surface area contributed by atoms with E-state index in [0.717, 1.165) is 18.0 Å².